The van der Waals surface area contributed by atoms with E-state index in [9.17, 15) is 18.3 Å². The Morgan fingerprint density at radius 2 is 1.89 bits per heavy atom. The number of hydrogen-bond donors (Lipinski definition) is 1. The molecule has 9 heteroatoms. The van der Waals surface area contributed by atoms with Gasteiger partial charge in [-0.2, -0.15) is 4.31 Å². The highest BCUT2D eigenvalue weighted by Crippen LogP contribution is 2.35. The number of aromatic nitrogens is 1. The van der Waals surface area contributed by atoms with Crippen molar-refractivity contribution in [3.05, 3.63) is 60.3 Å². The Hall–Kier alpha value is -2.88. The van der Waals surface area contributed by atoms with Crippen LogP contribution < -0.4 is 4.74 Å². The van der Waals surface area contributed by atoms with Crippen molar-refractivity contribution in [2.45, 2.75) is 43.9 Å². The summed E-state index contributed by atoms with van der Waals surface area (Å²) in [6.45, 7) is 7.97. The molecule has 0 bridgehead atoms. The van der Waals surface area contributed by atoms with Gasteiger partial charge in [-0.25, -0.2) is 13.2 Å². The molecule has 0 unspecified atom stereocenters. The highest BCUT2D eigenvalue weighted by molar-refractivity contribution is 7.91. The van der Waals surface area contributed by atoms with Gasteiger partial charge in [0.15, 0.2) is 0 Å². The third-order valence-electron chi connectivity index (χ3n) is 6.24. The van der Waals surface area contributed by atoms with Crippen molar-refractivity contribution in [1.29, 1.82) is 0 Å². The van der Waals surface area contributed by atoms with Gasteiger partial charge in [0, 0.05) is 34.9 Å². The standard InChI is InChI=1S/C26H30N2O5S2/c1-5-13-27(35(31,32)24-18(2)21-8-6-7-9-23(21)34-24)15-16-33-20-10-11-22-19(17-20)12-14-28(22)26(3,4)25(29)30/h6-12,14,17H,5,13,15-16H2,1-4H3,(H,29,30). The van der Waals surface area contributed by atoms with E-state index in [-0.39, 0.29) is 13.2 Å². The van der Waals surface area contributed by atoms with Crippen molar-refractivity contribution >= 4 is 48.3 Å². The van der Waals surface area contributed by atoms with Crippen LogP contribution >= 0.6 is 11.3 Å². The van der Waals surface area contributed by atoms with Crippen LogP contribution in [0.2, 0.25) is 0 Å². The van der Waals surface area contributed by atoms with Crippen molar-refractivity contribution in [2.75, 3.05) is 19.7 Å². The molecule has 7 nitrogen and oxygen atoms in total. The van der Waals surface area contributed by atoms with E-state index in [0.717, 1.165) is 26.6 Å². The minimum absolute atomic E-state index is 0.204. The first-order valence-electron chi connectivity index (χ1n) is 11.5. The van der Waals surface area contributed by atoms with Crippen LogP contribution in [0.3, 0.4) is 0 Å². The minimum atomic E-state index is -3.65. The first-order chi connectivity index (χ1) is 16.6. The molecule has 4 rings (SSSR count). The zero-order valence-electron chi connectivity index (χ0n) is 20.3. The summed E-state index contributed by atoms with van der Waals surface area (Å²) in [7, 11) is -3.65. The molecule has 0 aliphatic carbocycles. The van der Waals surface area contributed by atoms with Crippen LogP contribution in [0.15, 0.2) is 58.9 Å². The Morgan fingerprint density at radius 3 is 2.57 bits per heavy atom. The molecule has 0 aliphatic rings. The number of benzene rings is 2. The van der Waals surface area contributed by atoms with Gasteiger partial charge >= 0.3 is 5.97 Å². The highest BCUT2D eigenvalue weighted by Gasteiger charge is 2.30. The summed E-state index contributed by atoms with van der Waals surface area (Å²) in [6.07, 6.45) is 2.45. The zero-order valence-corrected chi connectivity index (χ0v) is 21.9. The molecule has 0 fully saturated rings. The number of carboxylic acid groups (broad SMARTS) is 1. The number of aliphatic carboxylic acids is 1. The summed E-state index contributed by atoms with van der Waals surface area (Å²) in [5.41, 5.74) is 0.496. The van der Waals surface area contributed by atoms with Gasteiger partial charge in [-0.15, -0.1) is 11.3 Å². The summed E-state index contributed by atoms with van der Waals surface area (Å²) in [4.78, 5) is 11.6. The van der Waals surface area contributed by atoms with Gasteiger partial charge < -0.3 is 14.4 Å². The SMILES string of the molecule is CCCN(CCOc1ccc2c(ccn2C(C)(C)C(=O)O)c1)S(=O)(=O)c1sc2ccccc2c1C. The molecule has 2 aromatic carbocycles. The van der Waals surface area contributed by atoms with Crippen LogP contribution in [-0.4, -0.2) is 48.1 Å². The third kappa shape index (κ3) is 4.68. The lowest BCUT2D eigenvalue weighted by atomic mass is 10.1. The average Bonchev–Trinajstić information content (AvgIpc) is 3.40. The predicted octanol–water partition coefficient (Wildman–Crippen LogP) is 5.46. The topological polar surface area (TPSA) is 88.8 Å². The number of carboxylic acids is 1. The maximum atomic E-state index is 13.5. The van der Waals surface area contributed by atoms with Crippen molar-refractivity contribution in [3.8, 4) is 5.75 Å². The van der Waals surface area contributed by atoms with Crippen molar-refractivity contribution in [2.24, 2.45) is 0 Å². The zero-order chi connectivity index (χ0) is 25.4. The summed E-state index contributed by atoms with van der Waals surface area (Å²) in [5.74, 6) is -0.309. The van der Waals surface area contributed by atoms with E-state index < -0.39 is 21.5 Å². The number of sulfonamides is 1. The smallest absolute Gasteiger partial charge is 0.329 e. The van der Waals surface area contributed by atoms with Crippen LogP contribution in [-0.2, 0) is 20.4 Å². The Labute approximate surface area is 209 Å². The molecule has 35 heavy (non-hydrogen) atoms. The molecular formula is C26H30N2O5S2. The van der Waals surface area contributed by atoms with Crippen molar-refractivity contribution in [1.82, 2.24) is 8.87 Å². The van der Waals surface area contributed by atoms with E-state index in [1.807, 2.05) is 56.3 Å². The molecule has 0 aliphatic heterocycles. The third-order valence-corrected chi connectivity index (χ3v) is 10.0. The average molecular weight is 515 g/mol. The minimum Gasteiger partial charge on any atom is -0.492 e. The Bertz CT molecular complexity index is 1480. The number of thiophene rings is 1. The molecule has 1 N–H and O–H groups in total. The van der Waals surface area contributed by atoms with Crippen LogP contribution in [0.25, 0.3) is 21.0 Å². The summed E-state index contributed by atoms with van der Waals surface area (Å²) < 4.78 is 37.5. The van der Waals surface area contributed by atoms with Gasteiger partial charge in [-0.1, -0.05) is 25.1 Å². The van der Waals surface area contributed by atoms with Gasteiger partial charge in [0.2, 0.25) is 0 Å². The first-order valence-corrected chi connectivity index (χ1v) is 13.8. The van der Waals surface area contributed by atoms with Gasteiger partial charge in [0.1, 0.15) is 22.1 Å². The van der Waals surface area contributed by atoms with E-state index in [2.05, 4.69) is 0 Å². The van der Waals surface area contributed by atoms with Crippen molar-refractivity contribution < 1.29 is 23.1 Å². The Balaban J connectivity index is 1.51. The van der Waals surface area contributed by atoms with Gasteiger partial charge in [0.05, 0.1) is 0 Å². The molecule has 0 saturated carbocycles. The number of aryl methyl sites for hydroxylation is 1. The number of fused-ring (bicyclic) bond motifs is 2. The second-order valence-electron chi connectivity index (χ2n) is 9.03. The van der Waals surface area contributed by atoms with Gasteiger partial charge in [-0.3, -0.25) is 0 Å². The lowest BCUT2D eigenvalue weighted by molar-refractivity contribution is -0.145. The molecule has 186 valence electrons. The fourth-order valence-electron chi connectivity index (χ4n) is 4.18. The van der Waals surface area contributed by atoms with Gasteiger partial charge in [-0.05, 0) is 68.5 Å². The predicted molar refractivity (Wildman–Crippen MR) is 140 cm³/mol. The fraction of sp³-hybridized carbons (Fsp3) is 0.346. The lowest BCUT2D eigenvalue weighted by Crippen LogP contribution is -2.35. The number of carbonyl (C=O) groups is 1. The van der Waals surface area contributed by atoms with E-state index in [4.69, 9.17) is 4.74 Å². The van der Waals surface area contributed by atoms with Crippen LogP contribution in [0, 0.1) is 6.92 Å². The van der Waals surface area contributed by atoms with E-state index >= 15 is 0 Å². The van der Waals surface area contributed by atoms with Crippen molar-refractivity contribution in [3.63, 3.8) is 0 Å². The summed E-state index contributed by atoms with van der Waals surface area (Å²) in [6, 6.07) is 15.0. The largest absolute Gasteiger partial charge is 0.492 e. The second kappa shape index (κ2) is 9.64. The van der Waals surface area contributed by atoms with E-state index in [0.29, 0.717) is 22.9 Å². The number of rotatable bonds is 10. The normalized spacial score (nSPS) is 12.6. The maximum absolute atomic E-state index is 13.5. The monoisotopic (exact) mass is 514 g/mol. The van der Waals surface area contributed by atoms with Gasteiger partial charge in [0.25, 0.3) is 10.0 Å². The lowest BCUT2D eigenvalue weighted by Gasteiger charge is -2.23. The van der Waals surface area contributed by atoms with Crippen LogP contribution in [0.1, 0.15) is 32.8 Å². The number of nitrogens with zero attached hydrogens (tertiary/aromatic N) is 2. The molecule has 4 aromatic rings. The van der Waals surface area contributed by atoms with E-state index in [1.54, 1.807) is 30.7 Å². The molecular weight excluding hydrogens is 484 g/mol. The second-order valence-corrected chi connectivity index (χ2v) is 12.2. The Morgan fingerprint density at radius 1 is 1.14 bits per heavy atom. The molecule has 0 amide bonds. The fourth-order valence-corrected chi connectivity index (χ4v) is 7.60. The quantitative estimate of drug-likeness (QED) is 0.303. The van der Waals surface area contributed by atoms with Crippen LogP contribution in [0.4, 0.5) is 0 Å². The Kier molecular flexibility index (Phi) is 6.95. The van der Waals surface area contributed by atoms with E-state index in [1.165, 1.54) is 15.6 Å². The molecule has 2 aromatic heterocycles. The summed E-state index contributed by atoms with van der Waals surface area (Å²) in [5, 5.41) is 11.4. The maximum Gasteiger partial charge on any atom is 0.329 e. The summed E-state index contributed by atoms with van der Waals surface area (Å²) >= 11 is 1.31. The molecule has 2 heterocycles. The molecule has 0 saturated heterocycles. The first kappa shape index (κ1) is 25.2. The molecule has 0 atom stereocenters. The number of ether oxygens (including phenoxy) is 1. The van der Waals surface area contributed by atoms with Crippen LogP contribution in [0.5, 0.6) is 5.75 Å². The number of hydrogen-bond acceptors (Lipinski definition) is 5. The highest BCUT2D eigenvalue weighted by atomic mass is 32.2. The molecule has 0 radical (unpaired) electrons. The molecule has 0 spiro atoms.